The maximum atomic E-state index is 9.47. The molecule has 3 heteroatoms. The summed E-state index contributed by atoms with van der Waals surface area (Å²) in [6.45, 7) is 3.91. The Hall–Kier alpha value is -0.970. The summed E-state index contributed by atoms with van der Waals surface area (Å²) in [7, 11) is 0. The van der Waals surface area contributed by atoms with Crippen LogP contribution in [0.2, 0.25) is 0 Å². The molecule has 16 heavy (non-hydrogen) atoms. The van der Waals surface area contributed by atoms with E-state index >= 15 is 0 Å². The third-order valence-corrected chi connectivity index (χ3v) is 3.48. The summed E-state index contributed by atoms with van der Waals surface area (Å²) in [5.41, 5.74) is 1.29. The van der Waals surface area contributed by atoms with Crippen molar-refractivity contribution >= 4 is 23.2 Å². The second-order valence-corrected chi connectivity index (χ2v) is 4.52. The molecule has 0 aliphatic heterocycles. The van der Waals surface area contributed by atoms with Crippen LogP contribution in [0.1, 0.15) is 19.4 Å². The van der Waals surface area contributed by atoms with Gasteiger partial charge in [0.05, 0.1) is 11.1 Å². The molecule has 1 nitrogen and oxygen atoms in total. The molecule has 1 aromatic carbocycles. The Labute approximate surface area is 106 Å². The maximum Gasteiger partial charge on any atom is 0.121 e. The van der Waals surface area contributed by atoms with Crippen molar-refractivity contribution in [1.29, 1.82) is 5.26 Å². The minimum absolute atomic E-state index is 0.0439. The van der Waals surface area contributed by atoms with Crippen molar-refractivity contribution in [2.24, 2.45) is 5.92 Å². The fourth-order valence-electron chi connectivity index (χ4n) is 1.78. The third-order valence-electron chi connectivity index (χ3n) is 2.74. The lowest BCUT2D eigenvalue weighted by molar-refractivity contribution is 0.471. The number of benzene rings is 1. The number of halogens is 2. The van der Waals surface area contributed by atoms with Crippen LogP contribution in [0.4, 0.5) is 0 Å². The summed E-state index contributed by atoms with van der Waals surface area (Å²) in [4.78, 5) is 0. The van der Waals surface area contributed by atoms with Gasteiger partial charge in [-0.2, -0.15) is 5.26 Å². The first-order valence-electron chi connectivity index (χ1n) is 5.02. The topological polar surface area (TPSA) is 23.8 Å². The number of rotatable bonds is 3. The molecule has 0 radical (unpaired) electrons. The van der Waals surface area contributed by atoms with Crippen molar-refractivity contribution < 1.29 is 0 Å². The van der Waals surface area contributed by atoms with E-state index in [4.69, 9.17) is 23.2 Å². The first-order valence-corrected chi connectivity index (χ1v) is 5.84. The molecule has 0 aliphatic rings. The highest BCUT2D eigenvalue weighted by Gasteiger charge is 2.39. The van der Waals surface area contributed by atoms with Crippen molar-refractivity contribution in [2.75, 3.05) is 0 Å². The number of hydrogen-bond donors (Lipinski definition) is 0. The van der Waals surface area contributed by atoms with Gasteiger partial charge in [0.2, 0.25) is 0 Å². The molecule has 0 amide bonds. The van der Waals surface area contributed by atoms with Crippen LogP contribution in [0.3, 0.4) is 0 Å². The maximum absolute atomic E-state index is 9.47. The number of hydrogen-bond acceptors (Lipinski definition) is 1. The van der Waals surface area contributed by atoms with E-state index in [0.717, 1.165) is 5.56 Å². The highest BCUT2D eigenvalue weighted by Crippen LogP contribution is 2.41. The molecule has 0 heterocycles. The molecule has 0 N–H and O–H groups in total. The zero-order valence-corrected chi connectivity index (χ0v) is 10.8. The molecule has 0 aliphatic carbocycles. The van der Waals surface area contributed by atoms with Gasteiger partial charge in [-0.05, 0) is 11.5 Å². The highest BCUT2D eigenvalue weighted by molar-refractivity contribution is 6.37. The van der Waals surface area contributed by atoms with E-state index in [1.165, 1.54) is 5.54 Å². The van der Waals surface area contributed by atoms with Crippen LogP contribution in [0.25, 0.3) is 0 Å². The quantitative estimate of drug-likeness (QED) is 0.783. The molecule has 1 aromatic rings. The molecule has 0 spiro atoms. The van der Waals surface area contributed by atoms with Crippen LogP contribution < -0.4 is 0 Å². The summed E-state index contributed by atoms with van der Waals surface area (Å²) in [6, 6.07) is 11.8. The SMILES string of the molecule is CC(C)C(C#N)(/C(Cl)=C\Cl)c1ccccc1. The van der Waals surface area contributed by atoms with Crippen LogP contribution in [0, 0.1) is 17.2 Å². The van der Waals surface area contributed by atoms with Crippen LogP contribution in [0.5, 0.6) is 0 Å². The summed E-state index contributed by atoms with van der Waals surface area (Å²) >= 11 is 11.8. The standard InChI is InChI=1S/C13H13Cl2N/c1-10(2)13(9-16,12(15)8-14)11-6-4-3-5-7-11/h3-8,10H,1-2H3/b12-8+. The number of nitrogens with zero attached hydrogens (tertiary/aromatic N) is 1. The molecular weight excluding hydrogens is 241 g/mol. The van der Waals surface area contributed by atoms with E-state index in [9.17, 15) is 5.26 Å². The zero-order valence-electron chi connectivity index (χ0n) is 9.24. The summed E-state index contributed by atoms with van der Waals surface area (Å²) in [6.07, 6.45) is 0. The Morgan fingerprint density at radius 3 is 2.31 bits per heavy atom. The second-order valence-electron chi connectivity index (χ2n) is 3.90. The lowest BCUT2D eigenvalue weighted by Crippen LogP contribution is -2.31. The van der Waals surface area contributed by atoms with E-state index in [0.29, 0.717) is 5.03 Å². The molecule has 0 aromatic heterocycles. The second kappa shape index (κ2) is 5.39. The predicted molar refractivity (Wildman–Crippen MR) is 68.4 cm³/mol. The van der Waals surface area contributed by atoms with Crippen molar-refractivity contribution in [1.82, 2.24) is 0 Å². The third kappa shape index (κ3) is 2.09. The summed E-state index contributed by atoms with van der Waals surface area (Å²) in [5, 5.41) is 9.83. The Balaban J connectivity index is 3.43. The van der Waals surface area contributed by atoms with Crippen molar-refractivity contribution in [3.63, 3.8) is 0 Å². The molecular formula is C13H13Cl2N. The van der Waals surface area contributed by atoms with Gasteiger partial charge in [-0.3, -0.25) is 0 Å². The first-order chi connectivity index (χ1) is 7.59. The van der Waals surface area contributed by atoms with E-state index in [2.05, 4.69) is 6.07 Å². The minimum atomic E-state index is -0.857. The van der Waals surface area contributed by atoms with Crippen molar-refractivity contribution in [3.8, 4) is 6.07 Å². The number of allylic oxidation sites excluding steroid dienone is 1. The van der Waals surface area contributed by atoms with Crippen LogP contribution in [-0.4, -0.2) is 0 Å². The van der Waals surface area contributed by atoms with Gasteiger partial charge in [-0.1, -0.05) is 67.4 Å². The first kappa shape index (κ1) is 13.1. The molecule has 0 saturated carbocycles. The zero-order chi connectivity index (χ0) is 12.2. The Morgan fingerprint density at radius 2 is 1.94 bits per heavy atom. The molecule has 1 atom stereocenters. The van der Waals surface area contributed by atoms with Crippen LogP contribution in [-0.2, 0) is 5.41 Å². The molecule has 0 bridgehead atoms. The van der Waals surface area contributed by atoms with Crippen LogP contribution in [0.15, 0.2) is 40.9 Å². The van der Waals surface area contributed by atoms with Gasteiger partial charge < -0.3 is 0 Å². The average molecular weight is 254 g/mol. The van der Waals surface area contributed by atoms with E-state index in [-0.39, 0.29) is 5.92 Å². The van der Waals surface area contributed by atoms with Crippen LogP contribution >= 0.6 is 23.2 Å². The van der Waals surface area contributed by atoms with Gasteiger partial charge >= 0.3 is 0 Å². The smallest absolute Gasteiger partial charge is 0.121 e. The summed E-state index contributed by atoms with van der Waals surface area (Å²) < 4.78 is 0. The lowest BCUT2D eigenvalue weighted by atomic mass is 9.73. The molecule has 0 saturated heterocycles. The van der Waals surface area contributed by atoms with Gasteiger partial charge in [0, 0.05) is 5.54 Å². The van der Waals surface area contributed by atoms with Gasteiger partial charge in [0.1, 0.15) is 5.41 Å². The van der Waals surface area contributed by atoms with Crippen molar-refractivity contribution in [3.05, 3.63) is 46.5 Å². The van der Waals surface area contributed by atoms with Gasteiger partial charge in [0.15, 0.2) is 0 Å². The Bertz CT molecular complexity index is 417. The van der Waals surface area contributed by atoms with E-state index in [1.807, 2.05) is 44.2 Å². The van der Waals surface area contributed by atoms with E-state index in [1.54, 1.807) is 0 Å². The molecule has 1 rings (SSSR count). The predicted octanol–water partition coefficient (Wildman–Crippen LogP) is 4.42. The lowest BCUT2D eigenvalue weighted by Gasteiger charge is -2.30. The van der Waals surface area contributed by atoms with Gasteiger partial charge in [-0.25, -0.2) is 0 Å². The molecule has 84 valence electrons. The molecule has 0 fully saturated rings. The highest BCUT2D eigenvalue weighted by atomic mass is 35.5. The normalized spacial score (nSPS) is 15.6. The van der Waals surface area contributed by atoms with E-state index < -0.39 is 5.41 Å². The Kier molecular flexibility index (Phi) is 4.41. The monoisotopic (exact) mass is 253 g/mol. The fourth-order valence-corrected chi connectivity index (χ4v) is 2.32. The largest absolute Gasteiger partial charge is 0.197 e. The Morgan fingerprint density at radius 1 is 1.38 bits per heavy atom. The number of nitriles is 1. The summed E-state index contributed by atoms with van der Waals surface area (Å²) in [5.74, 6) is 0.0439. The van der Waals surface area contributed by atoms with Crippen molar-refractivity contribution in [2.45, 2.75) is 19.3 Å². The average Bonchev–Trinajstić information content (AvgIpc) is 2.31. The fraction of sp³-hybridized carbons (Fsp3) is 0.308. The van der Waals surface area contributed by atoms with Gasteiger partial charge in [0.25, 0.3) is 0 Å². The minimum Gasteiger partial charge on any atom is -0.197 e. The van der Waals surface area contributed by atoms with Gasteiger partial charge in [-0.15, -0.1) is 0 Å². The molecule has 1 unspecified atom stereocenters.